The first-order valence-corrected chi connectivity index (χ1v) is 9.78. The maximum atomic E-state index is 5.78. The van der Waals surface area contributed by atoms with E-state index in [-0.39, 0.29) is 0 Å². The van der Waals surface area contributed by atoms with E-state index in [1.807, 2.05) is 0 Å². The van der Waals surface area contributed by atoms with Crippen molar-refractivity contribution in [1.82, 2.24) is 0 Å². The molecule has 0 fully saturated rings. The Hall–Kier alpha value is 0.357. The molecule has 0 aliphatic carbocycles. The van der Waals surface area contributed by atoms with Gasteiger partial charge in [0, 0.05) is 30.1 Å². The third-order valence-corrected chi connectivity index (χ3v) is 7.87. The predicted molar refractivity (Wildman–Crippen MR) is 74.6 cm³/mol. The van der Waals surface area contributed by atoms with E-state index in [1.165, 1.54) is 4.88 Å². The molecule has 0 aliphatic rings. The van der Waals surface area contributed by atoms with Crippen LogP contribution in [-0.4, -0.2) is 15.4 Å². The van der Waals surface area contributed by atoms with Crippen molar-refractivity contribution in [3.8, 4) is 0 Å². The summed E-state index contributed by atoms with van der Waals surface area (Å²) in [6.07, 6.45) is 0. The van der Waals surface area contributed by atoms with Gasteiger partial charge in [-0.3, -0.25) is 0 Å². The highest BCUT2D eigenvalue weighted by atomic mass is 79.9. The fourth-order valence-corrected chi connectivity index (χ4v) is 2.85. The Morgan fingerprint density at radius 1 is 1.47 bits per heavy atom. The Bertz CT molecular complexity index is 309. The van der Waals surface area contributed by atoms with Crippen LogP contribution in [0.25, 0.3) is 0 Å². The van der Waals surface area contributed by atoms with Gasteiger partial charge in [-0.05, 0) is 27.0 Å². The molecule has 0 aliphatic heterocycles. The molecule has 0 radical (unpaired) electrons. The lowest BCUT2D eigenvalue weighted by atomic mass is 10.2. The van der Waals surface area contributed by atoms with Crippen molar-refractivity contribution in [2.24, 2.45) is 0 Å². The second-order valence-corrected chi connectivity index (χ2v) is 10.7. The molecule has 1 aromatic rings. The summed E-state index contributed by atoms with van der Waals surface area (Å²) in [7, 11) is -0.631. The standard InChI is InChI=1S/C11H19BrOSSi/c1-11(2,15(3)4)8-13-6-10-5-9(12)7-14-10/h5,7,15H,6,8H2,1-4H3. The number of hydrogen-bond donors (Lipinski definition) is 0. The van der Waals surface area contributed by atoms with Gasteiger partial charge < -0.3 is 4.74 Å². The van der Waals surface area contributed by atoms with Gasteiger partial charge >= 0.3 is 0 Å². The van der Waals surface area contributed by atoms with Crippen LogP contribution in [0.3, 0.4) is 0 Å². The fraction of sp³-hybridized carbons (Fsp3) is 0.636. The van der Waals surface area contributed by atoms with E-state index in [2.05, 4.69) is 54.3 Å². The van der Waals surface area contributed by atoms with Gasteiger partial charge in [-0.15, -0.1) is 11.3 Å². The summed E-state index contributed by atoms with van der Waals surface area (Å²) in [4.78, 5) is 1.29. The molecule has 0 spiro atoms. The van der Waals surface area contributed by atoms with E-state index in [4.69, 9.17) is 4.74 Å². The molecule has 0 bridgehead atoms. The Morgan fingerprint density at radius 2 is 2.13 bits per heavy atom. The van der Waals surface area contributed by atoms with E-state index < -0.39 is 8.80 Å². The van der Waals surface area contributed by atoms with Crippen molar-refractivity contribution in [3.63, 3.8) is 0 Å². The van der Waals surface area contributed by atoms with E-state index in [0.29, 0.717) is 5.04 Å². The van der Waals surface area contributed by atoms with E-state index in [1.54, 1.807) is 11.3 Å². The molecule has 0 atom stereocenters. The number of rotatable bonds is 5. The first kappa shape index (κ1) is 13.4. The number of thiophene rings is 1. The first-order valence-electron chi connectivity index (χ1n) is 5.22. The summed E-state index contributed by atoms with van der Waals surface area (Å²) in [6.45, 7) is 11.0. The SMILES string of the molecule is C[SiH](C)C(C)(C)COCc1cc(Br)cs1. The van der Waals surface area contributed by atoms with Crippen LogP contribution in [0.1, 0.15) is 18.7 Å². The molecule has 0 saturated heterocycles. The Morgan fingerprint density at radius 3 is 2.60 bits per heavy atom. The Kier molecular flexibility index (Phi) is 5.02. The first-order chi connectivity index (χ1) is 6.92. The molecule has 1 nitrogen and oxygen atoms in total. The molecule has 0 N–H and O–H groups in total. The van der Waals surface area contributed by atoms with E-state index in [0.717, 1.165) is 17.7 Å². The molecule has 1 heterocycles. The zero-order valence-corrected chi connectivity index (χ0v) is 13.4. The summed E-state index contributed by atoms with van der Waals surface area (Å²) in [5.41, 5.74) is 0. The summed E-state index contributed by atoms with van der Waals surface area (Å²) >= 11 is 5.20. The van der Waals surface area contributed by atoms with Gasteiger partial charge in [0.15, 0.2) is 0 Å². The minimum absolute atomic E-state index is 0.397. The third kappa shape index (κ3) is 4.39. The molecule has 0 aromatic carbocycles. The summed E-state index contributed by atoms with van der Waals surface area (Å²) in [6, 6.07) is 2.13. The zero-order chi connectivity index (χ0) is 11.5. The lowest BCUT2D eigenvalue weighted by Crippen LogP contribution is -2.26. The second kappa shape index (κ2) is 5.62. The van der Waals surface area contributed by atoms with Crippen LogP contribution >= 0.6 is 27.3 Å². The van der Waals surface area contributed by atoms with Crippen LogP contribution in [0.2, 0.25) is 18.1 Å². The monoisotopic (exact) mass is 306 g/mol. The highest BCUT2D eigenvalue weighted by Crippen LogP contribution is 2.29. The lowest BCUT2D eigenvalue weighted by molar-refractivity contribution is 0.102. The van der Waals surface area contributed by atoms with Crippen LogP contribution in [-0.2, 0) is 11.3 Å². The number of halogens is 1. The lowest BCUT2D eigenvalue weighted by Gasteiger charge is -2.27. The molecule has 86 valence electrons. The third-order valence-electron chi connectivity index (χ3n) is 2.90. The van der Waals surface area contributed by atoms with Gasteiger partial charge in [0.25, 0.3) is 0 Å². The predicted octanol–water partition coefficient (Wildman–Crippen LogP) is 4.29. The molecular weight excluding hydrogens is 288 g/mol. The van der Waals surface area contributed by atoms with Crippen molar-refractivity contribution in [3.05, 3.63) is 20.8 Å². The van der Waals surface area contributed by atoms with Gasteiger partial charge in [-0.1, -0.05) is 26.9 Å². The number of hydrogen-bond acceptors (Lipinski definition) is 2. The molecule has 15 heavy (non-hydrogen) atoms. The second-order valence-electron chi connectivity index (χ2n) is 4.87. The van der Waals surface area contributed by atoms with Crippen LogP contribution in [0.15, 0.2) is 15.9 Å². The smallest absolute Gasteiger partial charge is 0.0809 e. The molecule has 0 amide bonds. The van der Waals surface area contributed by atoms with Crippen molar-refractivity contribution in [1.29, 1.82) is 0 Å². The number of ether oxygens (including phenoxy) is 1. The maximum Gasteiger partial charge on any atom is 0.0809 e. The van der Waals surface area contributed by atoms with Gasteiger partial charge in [0.2, 0.25) is 0 Å². The van der Waals surface area contributed by atoms with Crippen molar-refractivity contribution in [2.75, 3.05) is 6.61 Å². The molecule has 0 unspecified atom stereocenters. The summed E-state index contributed by atoms with van der Waals surface area (Å²) < 4.78 is 6.94. The van der Waals surface area contributed by atoms with Crippen molar-refractivity contribution in [2.45, 2.75) is 38.6 Å². The van der Waals surface area contributed by atoms with Gasteiger partial charge in [0.05, 0.1) is 6.61 Å². The zero-order valence-electron chi connectivity index (χ0n) is 9.84. The average Bonchev–Trinajstić information content (AvgIpc) is 2.51. The molecule has 1 aromatic heterocycles. The highest BCUT2D eigenvalue weighted by Gasteiger charge is 2.23. The van der Waals surface area contributed by atoms with Gasteiger partial charge in [-0.2, -0.15) is 0 Å². The summed E-state index contributed by atoms with van der Waals surface area (Å²) in [5.74, 6) is 0. The van der Waals surface area contributed by atoms with Crippen LogP contribution in [0.5, 0.6) is 0 Å². The Balaban J connectivity index is 2.33. The quantitative estimate of drug-likeness (QED) is 0.737. The maximum absolute atomic E-state index is 5.78. The minimum Gasteiger partial charge on any atom is -0.376 e. The minimum atomic E-state index is -0.631. The molecule has 0 saturated carbocycles. The average molecular weight is 307 g/mol. The van der Waals surface area contributed by atoms with Crippen LogP contribution in [0.4, 0.5) is 0 Å². The van der Waals surface area contributed by atoms with Crippen molar-refractivity contribution >= 4 is 36.1 Å². The van der Waals surface area contributed by atoms with Crippen LogP contribution < -0.4 is 0 Å². The molecule has 1 rings (SSSR count). The van der Waals surface area contributed by atoms with E-state index >= 15 is 0 Å². The van der Waals surface area contributed by atoms with Crippen molar-refractivity contribution < 1.29 is 4.74 Å². The Labute approximate surface area is 107 Å². The largest absolute Gasteiger partial charge is 0.376 e. The summed E-state index contributed by atoms with van der Waals surface area (Å²) in [5, 5.41) is 2.50. The van der Waals surface area contributed by atoms with E-state index in [9.17, 15) is 0 Å². The fourth-order valence-electron chi connectivity index (χ4n) is 1.01. The normalized spacial score (nSPS) is 12.4. The van der Waals surface area contributed by atoms with Gasteiger partial charge in [0.1, 0.15) is 0 Å². The highest BCUT2D eigenvalue weighted by molar-refractivity contribution is 9.10. The molecular formula is C11H19BrOSSi. The van der Waals surface area contributed by atoms with Gasteiger partial charge in [-0.25, -0.2) is 0 Å². The topological polar surface area (TPSA) is 9.23 Å². The molecule has 4 heteroatoms. The van der Waals surface area contributed by atoms with Crippen LogP contribution in [0, 0.1) is 0 Å².